The fourth-order valence-electron chi connectivity index (χ4n) is 2.33. The number of ether oxygens (including phenoxy) is 1. The van der Waals surface area contributed by atoms with E-state index in [2.05, 4.69) is 21.0 Å². The summed E-state index contributed by atoms with van der Waals surface area (Å²) >= 11 is 3.44. The first kappa shape index (κ1) is 13.9. The number of methoxy groups -OCH3 is 1. The van der Waals surface area contributed by atoms with Gasteiger partial charge in [0, 0.05) is 22.4 Å². The normalized spacial score (nSPS) is 11.0. The number of aromatic nitrogens is 3. The lowest BCUT2D eigenvalue weighted by molar-refractivity contribution is 0.408. The van der Waals surface area contributed by atoms with Gasteiger partial charge in [0.15, 0.2) is 0 Å². The second kappa shape index (κ2) is 5.37. The van der Waals surface area contributed by atoms with Crippen molar-refractivity contribution in [1.82, 2.24) is 14.2 Å². The highest BCUT2D eigenvalue weighted by Gasteiger charge is 2.09. The molecule has 3 aromatic rings. The Morgan fingerprint density at radius 3 is 2.86 bits per heavy atom. The number of nitrogens with zero attached hydrogens (tertiary/aromatic N) is 3. The van der Waals surface area contributed by atoms with Gasteiger partial charge in [-0.05, 0) is 31.2 Å². The van der Waals surface area contributed by atoms with E-state index in [4.69, 9.17) is 4.74 Å². The predicted octanol–water partition coefficient (Wildman–Crippen LogP) is 2.62. The smallest absolute Gasteiger partial charge is 0.276 e. The van der Waals surface area contributed by atoms with Crippen molar-refractivity contribution < 1.29 is 4.74 Å². The van der Waals surface area contributed by atoms with Gasteiger partial charge in [0.05, 0.1) is 19.3 Å². The van der Waals surface area contributed by atoms with Crippen molar-refractivity contribution in [3.63, 3.8) is 0 Å². The SMILES string of the molecule is COc1ccc(Br)cc1Cn1ccn2nc(C)cc2c1=O. The summed E-state index contributed by atoms with van der Waals surface area (Å²) in [5.74, 6) is 0.759. The van der Waals surface area contributed by atoms with Crippen molar-refractivity contribution >= 4 is 21.4 Å². The van der Waals surface area contributed by atoms with Crippen LogP contribution in [0.1, 0.15) is 11.3 Å². The summed E-state index contributed by atoms with van der Waals surface area (Å²) in [7, 11) is 1.62. The molecule has 1 aromatic carbocycles. The van der Waals surface area contributed by atoms with Crippen LogP contribution in [0.25, 0.3) is 5.52 Å². The highest BCUT2D eigenvalue weighted by Crippen LogP contribution is 2.23. The molecule has 0 fully saturated rings. The maximum atomic E-state index is 12.5. The summed E-state index contributed by atoms with van der Waals surface area (Å²) in [6.45, 7) is 2.32. The molecule has 0 N–H and O–H groups in total. The lowest BCUT2D eigenvalue weighted by atomic mass is 10.2. The minimum Gasteiger partial charge on any atom is -0.496 e. The maximum Gasteiger partial charge on any atom is 0.276 e. The first-order valence-electron chi connectivity index (χ1n) is 6.46. The zero-order valence-corrected chi connectivity index (χ0v) is 13.3. The van der Waals surface area contributed by atoms with Crippen LogP contribution in [-0.2, 0) is 6.54 Å². The number of fused-ring (bicyclic) bond motifs is 1. The molecule has 0 bridgehead atoms. The summed E-state index contributed by atoms with van der Waals surface area (Å²) in [6.07, 6.45) is 3.52. The molecule has 0 aliphatic heterocycles. The summed E-state index contributed by atoms with van der Waals surface area (Å²) in [5, 5.41) is 4.24. The second-order valence-corrected chi connectivity index (χ2v) is 5.72. The van der Waals surface area contributed by atoms with Crippen LogP contribution in [0.2, 0.25) is 0 Å². The van der Waals surface area contributed by atoms with Gasteiger partial charge in [-0.3, -0.25) is 4.79 Å². The van der Waals surface area contributed by atoms with Crippen molar-refractivity contribution in [2.75, 3.05) is 7.11 Å². The standard InChI is InChI=1S/C15H14BrN3O2/c1-10-7-13-15(20)18(5-6-19(13)17-10)9-11-8-12(16)3-4-14(11)21-2/h3-8H,9H2,1-2H3. The molecular weight excluding hydrogens is 334 g/mol. The second-order valence-electron chi connectivity index (χ2n) is 4.80. The minimum absolute atomic E-state index is 0.0693. The van der Waals surface area contributed by atoms with Gasteiger partial charge in [-0.2, -0.15) is 5.10 Å². The number of benzene rings is 1. The molecule has 2 heterocycles. The summed E-state index contributed by atoms with van der Waals surface area (Å²) < 4.78 is 9.56. The minimum atomic E-state index is -0.0693. The molecule has 3 rings (SSSR count). The van der Waals surface area contributed by atoms with Crippen molar-refractivity contribution in [1.29, 1.82) is 0 Å². The Labute approximate surface area is 129 Å². The molecule has 108 valence electrons. The summed E-state index contributed by atoms with van der Waals surface area (Å²) in [6, 6.07) is 7.54. The number of halogens is 1. The molecule has 0 aliphatic rings. The highest BCUT2D eigenvalue weighted by molar-refractivity contribution is 9.10. The van der Waals surface area contributed by atoms with E-state index in [1.807, 2.05) is 25.1 Å². The van der Waals surface area contributed by atoms with E-state index in [0.717, 1.165) is 21.5 Å². The van der Waals surface area contributed by atoms with Gasteiger partial charge in [0.1, 0.15) is 11.3 Å². The van der Waals surface area contributed by atoms with Crippen molar-refractivity contribution in [3.05, 3.63) is 62.7 Å². The zero-order valence-electron chi connectivity index (χ0n) is 11.7. The van der Waals surface area contributed by atoms with Crippen LogP contribution in [0, 0.1) is 6.92 Å². The Kier molecular flexibility index (Phi) is 3.55. The topological polar surface area (TPSA) is 48.5 Å². The van der Waals surface area contributed by atoms with E-state index in [-0.39, 0.29) is 5.56 Å². The third-order valence-corrected chi connectivity index (χ3v) is 3.80. The van der Waals surface area contributed by atoms with Crippen LogP contribution in [0.5, 0.6) is 5.75 Å². The Morgan fingerprint density at radius 1 is 1.29 bits per heavy atom. The van der Waals surface area contributed by atoms with Crippen LogP contribution in [0.4, 0.5) is 0 Å². The highest BCUT2D eigenvalue weighted by atomic mass is 79.9. The average molecular weight is 348 g/mol. The van der Waals surface area contributed by atoms with Gasteiger partial charge < -0.3 is 9.30 Å². The summed E-state index contributed by atoms with van der Waals surface area (Å²) in [4.78, 5) is 12.5. The fraction of sp³-hybridized carbons (Fsp3) is 0.200. The lowest BCUT2D eigenvalue weighted by Gasteiger charge is -2.11. The third-order valence-electron chi connectivity index (χ3n) is 3.31. The van der Waals surface area contributed by atoms with Crippen molar-refractivity contribution in [2.45, 2.75) is 13.5 Å². The largest absolute Gasteiger partial charge is 0.496 e. The lowest BCUT2D eigenvalue weighted by Crippen LogP contribution is -2.22. The third kappa shape index (κ3) is 2.58. The van der Waals surface area contributed by atoms with Crippen LogP contribution >= 0.6 is 15.9 Å². The van der Waals surface area contributed by atoms with Gasteiger partial charge in [0.2, 0.25) is 0 Å². The van der Waals surface area contributed by atoms with Gasteiger partial charge in [-0.15, -0.1) is 0 Å². The molecule has 5 nitrogen and oxygen atoms in total. The number of hydrogen-bond donors (Lipinski definition) is 0. The van der Waals surface area contributed by atoms with Gasteiger partial charge >= 0.3 is 0 Å². The Hall–Kier alpha value is -2.08. The molecule has 0 spiro atoms. The molecule has 0 unspecified atom stereocenters. The van der Waals surface area contributed by atoms with Gasteiger partial charge in [-0.25, -0.2) is 4.52 Å². The average Bonchev–Trinajstić information content (AvgIpc) is 2.84. The number of rotatable bonds is 3. The molecule has 0 atom stereocenters. The molecule has 0 saturated carbocycles. The van der Waals surface area contributed by atoms with E-state index in [1.165, 1.54) is 0 Å². The first-order chi connectivity index (χ1) is 10.1. The van der Waals surface area contributed by atoms with E-state index in [0.29, 0.717) is 12.1 Å². The van der Waals surface area contributed by atoms with E-state index in [9.17, 15) is 4.79 Å². The monoisotopic (exact) mass is 347 g/mol. The maximum absolute atomic E-state index is 12.5. The van der Waals surface area contributed by atoms with Crippen LogP contribution in [0.15, 0.2) is 45.9 Å². The number of aryl methyl sites for hydroxylation is 1. The van der Waals surface area contributed by atoms with Crippen LogP contribution in [0.3, 0.4) is 0 Å². The molecule has 0 amide bonds. The summed E-state index contributed by atoms with van der Waals surface area (Å²) in [5.41, 5.74) is 2.27. The molecule has 0 radical (unpaired) electrons. The molecule has 2 aromatic heterocycles. The van der Waals surface area contributed by atoms with E-state index >= 15 is 0 Å². The molecule has 21 heavy (non-hydrogen) atoms. The Balaban J connectivity index is 2.08. The van der Waals surface area contributed by atoms with Gasteiger partial charge in [0.25, 0.3) is 5.56 Å². The van der Waals surface area contributed by atoms with Crippen LogP contribution < -0.4 is 10.3 Å². The molecular formula is C15H14BrN3O2. The first-order valence-corrected chi connectivity index (χ1v) is 7.25. The molecule has 0 aliphatic carbocycles. The van der Waals surface area contributed by atoms with E-state index in [1.54, 1.807) is 34.7 Å². The Bertz CT molecular complexity index is 867. The fourth-order valence-corrected chi connectivity index (χ4v) is 2.74. The van der Waals surface area contributed by atoms with Crippen molar-refractivity contribution in [2.24, 2.45) is 0 Å². The molecule has 6 heteroatoms. The Morgan fingerprint density at radius 2 is 2.10 bits per heavy atom. The quantitative estimate of drug-likeness (QED) is 0.731. The van der Waals surface area contributed by atoms with Crippen molar-refractivity contribution in [3.8, 4) is 5.75 Å². The predicted molar refractivity (Wildman–Crippen MR) is 84.0 cm³/mol. The molecule has 0 saturated heterocycles. The van der Waals surface area contributed by atoms with Crippen LogP contribution in [-0.4, -0.2) is 21.3 Å². The van der Waals surface area contributed by atoms with E-state index < -0.39 is 0 Å². The zero-order chi connectivity index (χ0) is 15.0. The number of hydrogen-bond acceptors (Lipinski definition) is 3. The van der Waals surface area contributed by atoms with Gasteiger partial charge in [-0.1, -0.05) is 15.9 Å².